The smallest absolute Gasteiger partial charge is 0.573 e. The molecule has 136 valence electrons. The van der Waals surface area contributed by atoms with E-state index >= 15 is 0 Å². The van der Waals surface area contributed by atoms with E-state index in [4.69, 9.17) is 4.74 Å². The van der Waals surface area contributed by atoms with Crippen LogP contribution in [0.15, 0.2) is 47.4 Å². The third-order valence-corrected chi connectivity index (χ3v) is 4.06. The van der Waals surface area contributed by atoms with Crippen molar-refractivity contribution in [1.29, 1.82) is 0 Å². The topological polar surface area (TPSA) is 44.8 Å². The molecule has 0 aliphatic carbocycles. The molecule has 1 atom stereocenters. The Balaban J connectivity index is 2.23. The molecule has 0 spiro atoms. The van der Waals surface area contributed by atoms with Gasteiger partial charge in [0.2, 0.25) is 0 Å². The molecule has 8 heteroatoms. The molecule has 4 nitrogen and oxygen atoms in total. The first-order valence-corrected chi connectivity index (χ1v) is 8.84. The van der Waals surface area contributed by atoms with Gasteiger partial charge >= 0.3 is 6.36 Å². The van der Waals surface area contributed by atoms with E-state index < -0.39 is 17.5 Å². The maximum Gasteiger partial charge on any atom is 0.573 e. The Bertz CT molecular complexity index is 703. The second-order valence-electron chi connectivity index (χ2n) is 5.58. The summed E-state index contributed by atoms with van der Waals surface area (Å²) in [5, 5.41) is 0. The van der Waals surface area contributed by atoms with Gasteiger partial charge in [0.05, 0.1) is 0 Å². The zero-order valence-corrected chi connectivity index (χ0v) is 14.8. The van der Waals surface area contributed by atoms with Crippen molar-refractivity contribution in [3.8, 4) is 17.2 Å². The van der Waals surface area contributed by atoms with E-state index in [1.54, 1.807) is 18.4 Å². The van der Waals surface area contributed by atoms with Crippen molar-refractivity contribution in [1.82, 2.24) is 4.90 Å². The summed E-state index contributed by atoms with van der Waals surface area (Å²) in [7, 11) is 3.80. The Hall–Kier alpha value is -1.90. The third kappa shape index (κ3) is 6.15. The Labute approximate surface area is 147 Å². The van der Waals surface area contributed by atoms with Gasteiger partial charge in [0.25, 0.3) is 0 Å². The van der Waals surface area contributed by atoms with Gasteiger partial charge in [0.1, 0.15) is 23.5 Å². The van der Waals surface area contributed by atoms with Gasteiger partial charge in [-0.2, -0.15) is 0 Å². The number of hydrogen-bond acceptors (Lipinski definition) is 4. The first-order chi connectivity index (χ1) is 11.6. The Morgan fingerprint density at radius 2 is 1.64 bits per heavy atom. The molecule has 0 saturated carbocycles. The summed E-state index contributed by atoms with van der Waals surface area (Å²) in [5.41, 5.74) is 0.870. The van der Waals surface area contributed by atoms with Crippen LogP contribution in [0.3, 0.4) is 0 Å². The summed E-state index contributed by atoms with van der Waals surface area (Å²) in [6.07, 6.45) is -3.17. The van der Waals surface area contributed by atoms with E-state index in [1.807, 2.05) is 25.1 Å². The van der Waals surface area contributed by atoms with E-state index in [0.717, 1.165) is 5.56 Å². The van der Waals surface area contributed by atoms with Crippen LogP contribution in [0.25, 0.3) is 0 Å². The summed E-state index contributed by atoms with van der Waals surface area (Å²) in [6, 6.07) is 10.4. The molecule has 0 aliphatic heterocycles. The number of rotatable bonds is 6. The molecule has 0 bridgehead atoms. The highest BCUT2D eigenvalue weighted by Crippen LogP contribution is 2.31. The van der Waals surface area contributed by atoms with Gasteiger partial charge in [-0.3, -0.25) is 0 Å². The van der Waals surface area contributed by atoms with Crippen molar-refractivity contribution in [2.24, 2.45) is 0 Å². The minimum absolute atomic E-state index is 0.322. The molecule has 2 aromatic carbocycles. The molecule has 25 heavy (non-hydrogen) atoms. The van der Waals surface area contributed by atoms with Gasteiger partial charge in [0.15, 0.2) is 4.90 Å². The molecule has 2 rings (SSSR count). The number of hydrogen-bond donors (Lipinski definition) is 0. The molecular formula is C17H18F3NO3S. The Kier molecular flexibility index (Phi) is 6.21. The van der Waals surface area contributed by atoms with E-state index in [0.29, 0.717) is 22.9 Å². The summed E-state index contributed by atoms with van der Waals surface area (Å²) in [5.74, 6) is 0.538. The van der Waals surface area contributed by atoms with Crippen LogP contribution in [0.5, 0.6) is 17.2 Å². The summed E-state index contributed by atoms with van der Waals surface area (Å²) in [6.45, 7) is 0.598. The van der Waals surface area contributed by atoms with Crippen LogP contribution in [0.1, 0.15) is 5.56 Å². The molecular weight excluding hydrogens is 355 g/mol. The molecule has 0 amide bonds. The second kappa shape index (κ2) is 7.99. The molecule has 2 aromatic rings. The van der Waals surface area contributed by atoms with Crippen molar-refractivity contribution >= 4 is 11.2 Å². The zero-order valence-electron chi connectivity index (χ0n) is 14.0. The van der Waals surface area contributed by atoms with Crippen molar-refractivity contribution in [3.63, 3.8) is 0 Å². The second-order valence-corrected chi connectivity index (χ2v) is 6.96. The van der Waals surface area contributed by atoms with Gasteiger partial charge in [-0.05, 0) is 61.7 Å². The Morgan fingerprint density at radius 1 is 1.04 bits per heavy atom. The quantitative estimate of drug-likeness (QED) is 0.713. The van der Waals surface area contributed by atoms with Crippen LogP contribution < -0.4 is 9.47 Å². The first-order valence-electron chi connectivity index (χ1n) is 7.29. The zero-order chi connectivity index (χ0) is 18.6. The lowest BCUT2D eigenvalue weighted by Crippen LogP contribution is -2.16. The highest BCUT2D eigenvalue weighted by molar-refractivity contribution is 7.90. The van der Waals surface area contributed by atoms with Crippen molar-refractivity contribution < 1.29 is 27.2 Å². The third-order valence-electron chi connectivity index (χ3n) is 3.14. The lowest BCUT2D eigenvalue weighted by Gasteiger charge is -2.16. The SMILES string of the molecule is CN(C)Cc1ccc([S+](C)[O-])cc1Oc1ccc(OC(F)(F)F)cc1. The largest absolute Gasteiger partial charge is 0.612 e. The molecule has 0 aliphatic rings. The lowest BCUT2D eigenvalue weighted by atomic mass is 10.2. The van der Waals surface area contributed by atoms with E-state index in [1.165, 1.54) is 24.3 Å². The molecule has 0 fully saturated rings. The number of halogens is 3. The van der Waals surface area contributed by atoms with Gasteiger partial charge in [0, 0.05) is 18.2 Å². The fourth-order valence-corrected chi connectivity index (χ4v) is 2.65. The van der Waals surface area contributed by atoms with Gasteiger partial charge < -0.3 is 18.9 Å². The summed E-state index contributed by atoms with van der Waals surface area (Å²) >= 11 is -1.17. The van der Waals surface area contributed by atoms with Crippen LogP contribution in [0, 0.1) is 0 Å². The number of nitrogens with zero attached hydrogens (tertiary/aromatic N) is 1. The predicted molar refractivity (Wildman–Crippen MR) is 89.4 cm³/mol. The number of alkyl halides is 3. The van der Waals surface area contributed by atoms with E-state index in [2.05, 4.69) is 4.74 Å². The molecule has 0 N–H and O–H groups in total. The van der Waals surface area contributed by atoms with Crippen LogP contribution in [0.4, 0.5) is 13.2 Å². The maximum atomic E-state index is 12.2. The van der Waals surface area contributed by atoms with Crippen molar-refractivity contribution in [3.05, 3.63) is 48.0 Å². The molecule has 1 unspecified atom stereocenters. The fraction of sp³-hybridized carbons (Fsp3) is 0.294. The highest BCUT2D eigenvalue weighted by atomic mass is 32.2. The average molecular weight is 373 g/mol. The van der Waals surface area contributed by atoms with Crippen molar-refractivity contribution in [2.75, 3.05) is 20.4 Å². The van der Waals surface area contributed by atoms with Crippen LogP contribution in [-0.2, 0) is 17.7 Å². The van der Waals surface area contributed by atoms with Crippen LogP contribution in [-0.4, -0.2) is 36.2 Å². The van der Waals surface area contributed by atoms with Gasteiger partial charge in [-0.15, -0.1) is 13.2 Å². The van der Waals surface area contributed by atoms with Gasteiger partial charge in [-0.1, -0.05) is 0 Å². The number of ether oxygens (including phenoxy) is 2. The number of benzene rings is 2. The summed E-state index contributed by atoms with van der Waals surface area (Å²) < 4.78 is 57.9. The monoisotopic (exact) mass is 373 g/mol. The van der Waals surface area contributed by atoms with Crippen LogP contribution in [0.2, 0.25) is 0 Å². The lowest BCUT2D eigenvalue weighted by molar-refractivity contribution is -0.274. The highest BCUT2D eigenvalue weighted by Gasteiger charge is 2.31. The molecule has 0 heterocycles. The first kappa shape index (κ1) is 19.4. The molecule has 0 saturated heterocycles. The maximum absolute atomic E-state index is 12.2. The van der Waals surface area contributed by atoms with E-state index in [-0.39, 0.29) is 5.75 Å². The van der Waals surface area contributed by atoms with Gasteiger partial charge in [-0.25, -0.2) is 0 Å². The Morgan fingerprint density at radius 3 is 2.16 bits per heavy atom. The minimum Gasteiger partial charge on any atom is -0.612 e. The van der Waals surface area contributed by atoms with Crippen LogP contribution >= 0.6 is 0 Å². The van der Waals surface area contributed by atoms with E-state index in [9.17, 15) is 17.7 Å². The van der Waals surface area contributed by atoms with Crippen molar-refractivity contribution in [2.45, 2.75) is 17.8 Å². The molecule has 0 radical (unpaired) electrons. The fourth-order valence-electron chi connectivity index (χ4n) is 2.12. The standard InChI is InChI=1S/C17H18F3NO3S/c1-21(2)11-12-4-9-15(25(3)22)10-16(12)23-13-5-7-14(8-6-13)24-17(18,19)20/h4-10H,11H2,1-3H3. The predicted octanol–water partition coefficient (Wildman–Crippen LogP) is 4.18. The average Bonchev–Trinajstić information content (AvgIpc) is 2.48. The summed E-state index contributed by atoms with van der Waals surface area (Å²) in [4.78, 5) is 2.56. The minimum atomic E-state index is -4.74. The normalized spacial score (nSPS) is 13.0. The molecule has 0 aromatic heterocycles.